The summed E-state index contributed by atoms with van der Waals surface area (Å²) in [7, 11) is 1.90. The molecule has 0 aliphatic rings. The molecule has 1 N–H and O–H groups in total. The number of thioether (sulfide) groups is 1. The molecule has 108 valence electrons. The summed E-state index contributed by atoms with van der Waals surface area (Å²) in [6, 6.07) is 8.84. The smallest absolute Gasteiger partial charge is 0.0842 e. The fraction of sp³-hybridized carbons (Fsp3) is 0.429. The van der Waals surface area contributed by atoms with Crippen LogP contribution in [0.1, 0.15) is 12.6 Å². The number of benzene rings is 1. The van der Waals surface area contributed by atoms with Crippen molar-refractivity contribution < 1.29 is 0 Å². The number of hydrogen-bond donors (Lipinski definition) is 1. The molecule has 0 saturated heterocycles. The van der Waals surface area contributed by atoms with Crippen molar-refractivity contribution in [2.24, 2.45) is 7.05 Å². The highest BCUT2D eigenvalue weighted by atomic mass is 79.9. The van der Waals surface area contributed by atoms with Crippen molar-refractivity contribution in [3.63, 3.8) is 0 Å². The summed E-state index contributed by atoms with van der Waals surface area (Å²) < 4.78 is 2.87. The van der Waals surface area contributed by atoms with Crippen LogP contribution in [0.25, 0.3) is 0 Å². The van der Waals surface area contributed by atoms with Crippen molar-refractivity contribution in [1.29, 1.82) is 0 Å². The molecule has 1 heterocycles. The lowest BCUT2D eigenvalue weighted by Crippen LogP contribution is -2.33. The Balaban J connectivity index is 1.90. The molecule has 1 aromatic carbocycles. The Morgan fingerprint density at radius 1 is 1.35 bits per heavy atom. The van der Waals surface area contributed by atoms with E-state index in [1.54, 1.807) is 4.68 Å². The highest BCUT2D eigenvalue weighted by Gasteiger charge is 2.11. The lowest BCUT2D eigenvalue weighted by Gasteiger charge is -2.16. The van der Waals surface area contributed by atoms with Gasteiger partial charge in [0.2, 0.25) is 0 Å². The van der Waals surface area contributed by atoms with Crippen LogP contribution >= 0.6 is 27.7 Å². The first-order valence-electron chi connectivity index (χ1n) is 6.64. The van der Waals surface area contributed by atoms with Crippen LogP contribution < -0.4 is 5.32 Å². The van der Waals surface area contributed by atoms with Crippen molar-refractivity contribution in [2.75, 3.05) is 12.3 Å². The van der Waals surface area contributed by atoms with Crippen molar-refractivity contribution in [3.05, 3.63) is 40.6 Å². The first kappa shape index (κ1) is 15.5. The highest BCUT2D eigenvalue weighted by molar-refractivity contribution is 9.10. The van der Waals surface area contributed by atoms with Gasteiger partial charge in [-0.15, -0.1) is 16.9 Å². The number of nitrogens with zero attached hydrogens (tertiary/aromatic N) is 3. The Morgan fingerprint density at radius 3 is 2.70 bits per heavy atom. The Labute approximate surface area is 132 Å². The van der Waals surface area contributed by atoms with Gasteiger partial charge in [0.25, 0.3) is 0 Å². The van der Waals surface area contributed by atoms with Crippen LogP contribution in [0.3, 0.4) is 0 Å². The molecule has 0 saturated carbocycles. The topological polar surface area (TPSA) is 42.7 Å². The van der Waals surface area contributed by atoms with Crippen molar-refractivity contribution in [2.45, 2.75) is 24.3 Å². The molecule has 0 spiro atoms. The highest BCUT2D eigenvalue weighted by Crippen LogP contribution is 2.21. The molecule has 2 aromatic rings. The van der Waals surface area contributed by atoms with Gasteiger partial charge in [-0.3, -0.25) is 4.68 Å². The van der Waals surface area contributed by atoms with E-state index < -0.39 is 0 Å². The van der Waals surface area contributed by atoms with Gasteiger partial charge in [0.15, 0.2) is 0 Å². The van der Waals surface area contributed by atoms with Crippen LogP contribution in [-0.4, -0.2) is 33.3 Å². The summed E-state index contributed by atoms with van der Waals surface area (Å²) in [6.45, 7) is 3.10. The van der Waals surface area contributed by atoms with Gasteiger partial charge in [-0.05, 0) is 30.8 Å². The summed E-state index contributed by atoms with van der Waals surface area (Å²) in [6.07, 6.45) is 2.89. The quantitative estimate of drug-likeness (QED) is 0.776. The third-order valence-corrected chi connectivity index (χ3v) is 4.57. The number of halogens is 1. The zero-order valence-corrected chi connectivity index (χ0v) is 14.1. The van der Waals surface area contributed by atoms with E-state index in [0.717, 1.165) is 28.9 Å². The van der Waals surface area contributed by atoms with Crippen molar-refractivity contribution in [3.8, 4) is 0 Å². The second kappa shape index (κ2) is 7.81. The van der Waals surface area contributed by atoms with Crippen LogP contribution in [-0.2, 0) is 13.5 Å². The minimum Gasteiger partial charge on any atom is -0.313 e. The monoisotopic (exact) mass is 354 g/mol. The maximum atomic E-state index is 4.16. The number of aromatic nitrogens is 3. The van der Waals surface area contributed by atoms with Crippen LogP contribution in [0.4, 0.5) is 0 Å². The molecule has 0 aliphatic carbocycles. The van der Waals surface area contributed by atoms with Crippen LogP contribution in [0.2, 0.25) is 0 Å². The number of aryl methyl sites for hydroxylation is 1. The molecule has 1 aromatic heterocycles. The minimum atomic E-state index is 0.408. The first-order valence-corrected chi connectivity index (χ1v) is 8.42. The van der Waals surface area contributed by atoms with E-state index in [1.165, 1.54) is 4.90 Å². The lowest BCUT2D eigenvalue weighted by atomic mass is 10.2. The number of rotatable bonds is 7. The molecule has 2 rings (SSSR count). The molecule has 4 nitrogen and oxygen atoms in total. The van der Waals surface area contributed by atoms with Gasteiger partial charge >= 0.3 is 0 Å². The summed E-state index contributed by atoms with van der Waals surface area (Å²) in [4.78, 5) is 1.29. The molecule has 20 heavy (non-hydrogen) atoms. The summed E-state index contributed by atoms with van der Waals surface area (Å²) in [5.74, 6) is 1.02. The largest absolute Gasteiger partial charge is 0.313 e. The summed E-state index contributed by atoms with van der Waals surface area (Å²) >= 11 is 5.32. The van der Waals surface area contributed by atoms with E-state index in [4.69, 9.17) is 0 Å². The zero-order chi connectivity index (χ0) is 14.4. The predicted molar refractivity (Wildman–Crippen MR) is 87.0 cm³/mol. The van der Waals surface area contributed by atoms with E-state index in [-0.39, 0.29) is 0 Å². The van der Waals surface area contributed by atoms with Crippen LogP contribution in [0.5, 0.6) is 0 Å². The predicted octanol–water partition coefficient (Wildman–Crippen LogP) is 2.89. The normalized spacial score (nSPS) is 12.6. The summed E-state index contributed by atoms with van der Waals surface area (Å²) in [5, 5.41) is 11.7. The van der Waals surface area contributed by atoms with Crippen LogP contribution in [0.15, 0.2) is 39.8 Å². The number of nitrogens with one attached hydrogen (secondary N) is 1. The van der Waals surface area contributed by atoms with Gasteiger partial charge in [0, 0.05) is 40.8 Å². The van der Waals surface area contributed by atoms with Crippen molar-refractivity contribution >= 4 is 27.7 Å². The Hall–Kier alpha value is -0.850. The first-order chi connectivity index (χ1) is 9.67. The third kappa shape index (κ3) is 4.92. The second-order valence-corrected chi connectivity index (χ2v) is 6.62. The zero-order valence-electron chi connectivity index (χ0n) is 11.7. The molecule has 0 bridgehead atoms. The Bertz CT molecular complexity index is 526. The van der Waals surface area contributed by atoms with E-state index in [9.17, 15) is 0 Å². The second-order valence-electron chi connectivity index (χ2n) is 4.61. The molecule has 0 radical (unpaired) electrons. The Kier molecular flexibility index (Phi) is 6.06. The maximum absolute atomic E-state index is 4.16. The molecule has 6 heteroatoms. The van der Waals surface area contributed by atoms with Crippen LogP contribution in [0, 0.1) is 0 Å². The fourth-order valence-corrected chi connectivity index (χ4v) is 3.17. The summed E-state index contributed by atoms with van der Waals surface area (Å²) in [5.41, 5.74) is 1.04. The van der Waals surface area contributed by atoms with Gasteiger partial charge in [-0.25, -0.2) is 0 Å². The average molecular weight is 355 g/mol. The maximum Gasteiger partial charge on any atom is 0.0842 e. The van der Waals surface area contributed by atoms with Gasteiger partial charge in [0.05, 0.1) is 5.69 Å². The fourth-order valence-electron chi connectivity index (χ4n) is 1.95. The molecule has 1 unspecified atom stereocenters. The van der Waals surface area contributed by atoms with Gasteiger partial charge < -0.3 is 5.32 Å². The molecular formula is C14H19BrN4S. The molecule has 1 atom stereocenters. The van der Waals surface area contributed by atoms with E-state index in [2.05, 4.69) is 62.7 Å². The van der Waals surface area contributed by atoms with Gasteiger partial charge in [0.1, 0.15) is 0 Å². The number of hydrogen-bond acceptors (Lipinski definition) is 4. The number of likely N-dealkylation sites (N-methyl/N-ethyl adjacent to an activating group) is 1. The minimum absolute atomic E-state index is 0.408. The van der Waals surface area contributed by atoms with Gasteiger partial charge in [-0.2, -0.15) is 0 Å². The van der Waals surface area contributed by atoms with Crippen molar-refractivity contribution in [1.82, 2.24) is 20.3 Å². The third-order valence-electron chi connectivity index (χ3n) is 2.86. The molecular weight excluding hydrogens is 336 g/mol. The Morgan fingerprint density at radius 2 is 2.10 bits per heavy atom. The SMILES string of the molecule is CCNC(CSc1ccc(Br)cc1)Cc1cn(C)nn1. The van der Waals surface area contributed by atoms with E-state index >= 15 is 0 Å². The van der Waals surface area contributed by atoms with E-state index in [0.29, 0.717) is 6.04 Å². The standard InChI is InChI=1S/C14H19BrN4S/c1-3-16-13(8-12-9-19(2)18-17-12)10-20-14-6-4-11(15)5-7-14/h4-7,9,13,16H,3,8,10H2,1-2H3. The molecule has 0 amide bonds. The van der Waals surface area contributed by atoms with Gasteiger partial charge in [-0.1, -0.05) is 28.1 Å². The lowest BCUT2D eigenvalue weighted by molar-refractivity contribution is 0.566. The van der Waals surface area contributed by atoms with E-state index in [1.807, 2.05) is 25.0 Å². The molecule has 0 aliphatic heterocycles. The average Bonchev–Trinajstić information content (AvgIpc) is 2.83. The molecule has 0 fully saturated rings.